The first-order valence-corrected chi connectivity index (χ1v) is 8.84. The maximum absolute atomic E-state index is 13.2. The average Bonchev–Trinajstić information content (AvgIpc) is 3.14. The fourth-order valence-electron chi connectivity index (χ4n) is 3.21. The number of benzene rings is 2. The van der Waals surface area contributed by atoms with E-state index in [-0.39, 0.29) is 12.0 Å². The molecule has 1 fully saturated rings. The van der Waals surface area contributed by atoms with Crippen LogP contribution in [-0.4, -0.2) is 46.4 Å². The van der Waals surface area contributed by atoms with E-state index in [2.05, 4.69) is 0 Å². The SMILES string of the molecule is C[C@H]1CN(C(=O)c2cc(-c3ccccc3)nn2-c2ccccc2)CCO1. The van der Waals surface area contributed by atoms with E-state index in [1.54, 1.807) is 4.68 Å². The van der Waals surface area contributed by atoms with Crippen molar-refractivity contribution in [2.24, 2.45) is 0 Å². The molecular formula is C21H21N3O2. The van der Waals surface area contributed by atoms with Gasteiger partial charge in [-0.05, 0) is 25.1 Å². The molecule has 1 saturated heterocycles. The van der Waals surface area contributed by atoms with Crippen LogP contribution < -0.4 is 0 Å². The van der Waals surface area contributed by atoms with Gasteiger partial charge in [0.05, 0.1) is 24.1 Å². The first-order chi connectivity index (χ1) is 12.7. The molecule has 0 aliphatic carbocycles. The molecule has 0 radical (unpaired) electrons. The number of nitrogens with zero attached hydrogens (tertiary/aromatic N) is 3. The normalized spacial score (nSPS) is 17.3. The Labute approximate surface area is 152 Å². The van der Waals surface area contributed by atoms with E-state index in [4.69, 9.17) is 9.84 Å². The molecule has 3 aromatic rings. The van der Waals surface area contributed by atoms with Crippen molar-refractivity contribution < 1.29 is 9.53 Å². The van der Waals surface area contributed by atoms with Crippen molar-refractivity contribution in [3.8, 4) is 16.9 Å². The number of amides is 1. The van der Waals surface area contributed by atoms with Crippen LogP contribution in [0.5, 0.6) is 0 Å². The molecular weight excluding hydrogens is 326 g/mol. The monoisotopic (exact) mass is 347 g/mol. The van der Waals surface area contributed by atoms with Gasteiger partial charge < -0.3 is 9.64 Å². The highest BCUT2D eigenvalue weighted by molar-refractivity contribution is 5.94. The Morgan fingerprint density at radius 2 is 1.77 bits per heavy atom. The largest absolute Gasteiger partial charge is 0.375 e. The number of hydrogen-bond donors (Lipinski definition) is 0. The Kier molecular flexibility index (Phi) is 4.54. The van der Waals surface area contributed by atoms with Crippen LogP contribution in [0.4, 0.5) is 0 Å². The minimum atomic E-state index is -0.0151. The summed E-state index contributed by atoms with van der Waals surface area (Å²) in [4.78, 5) is 15.0. The molecule has 132 valence electrons. The summed E-state index contributed by atoms with van der Waals surface area (Å²) in [5.41, 5.74) is 3.23. The van der Waals surface area contributed by atoms with Crippen LogP contribution in [0.3, 0.4) is 0 Å². The van der Waals surface area contributed by atoms with Crippen LogP contribution in [-0.2, 0) is 4.74 Å². The zero-order valence-corrected chi connectivity index (χ0v) is 14.7. The van der Waals surface area contributed by atoms with E-state index in [9.17, 15) is 4.79 Å². The van der Waals surface area contributed by atoms with Gasteiger partial charge >= 0.3 is 0 Å². The van der Waals surface area contributed by atoms with Gasteiger partial charge in [0.15, 0.2) is 0 Å². The highest BCUT2D eigenvalue weighted by Gasteiger charge is 2.26. The summed E-state index contributed by atoms with van der Waals surface area (Å²) in [5, 5.41) is 4.72. The molecule has 1 aliphatic heterocycles. The van der Waals surface area contributed by atoms with E-state index < -0.39 is 0 Å². The first kappa shape index (κ1) is 16.5. The van der Waals surface area contributed by atoms with Gasteiger partial charge in [0.1, 0.15) is 5.69 Å². The summed E-state index contributed by atoms with van der Waals surface area (Å²) in [7, 11) is 0. The highest BCUT2D eigenvalue weighted by atomic mass is 16.5. The fourth-order valence-corrected chi connectivity index (χ4v) is 3.21. The quantitative estimate of drug-likeness (QED) is 0.729. The molecule has 5 nitrogen and oxygen atoms in total. The first-order valence-electron chi connectivity index (χ1n) is 8.84. The zero-order chi connectivity index (χ0) is 17.9. The van der Waals surface area contributed by atoms with E-state index in [0.717, 1.165) is 16.9 Å². The summed E-state index contributed by atoms with van der Waals surface area (Å²) in [6.45, 7) is 3.75. The summed E-state index contributed by atoms with van der Waals surface area (Å²) in [6, 6.07) is 21.6. The number of aromatic nitrogens is 2. The van der Waals surface area contributed by atoms with Crippen molar-refractivity contribution in [3.05, 3.63) is 72.4 Å². The molecule has 2 aromatic carbocycles. The van der Waals surface area contributed by atoms with Gasteiger partial charge in [-0.3, -0.25) is 4.79 Å². The molecule has 0 bridgehead atoms. The third-order valence-corrected chi connectivity index (χ3v) is 4.53. The van der Waals surface area contributed by atoms with Gasteiger partial charge in [0.2, 0.25) is 0 Å². The minimum absolute atomic E-state index is 0.0151. The van der Waals surface area contributed by atoms with Gasteiger partial charge in [-0.1, -0.05) is 48.5 Å². The van der Waals surface area contributed by atoms with Crippen LogP contribution in [0.2, 0.25) is 0 Å². The van der Waals surface area contributed by atoms with Crippen molar-refractivity contribution in [2.75, 3.05) is 19.7 Å². The van der Waals surface area contributed by atoms with Crippen LogP contribution in [0.25, 0.3) is 16.9 Å². The lowest BCUT2D eigenvalue weighted by atomic mass is 10.1. The Balaban J connectivity index is 1.77. The number of hydrogen-bond acceptors (Lipinski definition) is 3. The third kappa shape index (κ3) is 3.26. The Hall–Kier alpha value is -2.92. The fraction of sp³-hybridized carbons (Fsp3) is 0.238. The van der Waals surface area contributed by atoms with Crippen LogP contribution in [0, 0.1) is 0 Å². The van der Waals surface area contributed by atoms with Crippen LogP contribution >= 0.6 is 0 Å². The number of morpholine rings is 1. The molecule has 1 aromatic heterocycles. The lowest BCUT2D eigenvalue weighted by molar-refractivity contribution is -0.0127. The van der Waals surface area contributed by atoms with Crippen LogP contribution in [0.15, 0.2) is 66.7 Å². The average molecular weight is 347 g/mol. The Bertz CT molecular complexity index is 890. The molecule has 1 amide bonds. The number of carbonyl (C=O) groups is 1. The van der Waals surface area contributed by atoms with E-state index in [0.29, 0.717) is 25.4 Å². The highest BCUT2D eigenvalue weighted by Crippen LogP contribution is 2.23. The molecule has 0 N–H and O–H groups in total. The number of rotatable bonds is 3. The van der Waals surface area contributed by atoms with Gasteiger partial charge in [0, 0.05) is 18.7 Å². The molecule has 0 unspecified atom stereocenters. The molecule has 26 heavy (non-hydrogen) atoms. The van der Waals surface area contributed by atoms with E-state index >= 15 is 0 Å². The summed E-state index contributed by atoms with van der Waals surface area (Å²) >= 11 is 0. The minimum Gasteiger partial charge on any atom is -0.375 e. The standard InChI is InChI=1S/C21H21N3O2/c1-16-15-23(12-13-26-16)21(25)20-14-19(17-8-4-2-5-9-17)22-24(20)18-10-6-3-7-11-18/h2-11,14,16H,12-13,15H2,1H3/t16-/m0/s1. The van der Waals surface area contributed by atoms with Crippen molar-refractivity contribution >= 4 is 5.91 Å². The van der Waals surface area contributed by atoms with Crippen molar-refractivity contribution in [1.82, 2.24) is 14.7 Å². The molecule has 1 aliphatic rings. The lowest BCUT2D eigenvalue weighted by Gasteiger charge is -2.31. The molecule has 5 heteroatoms. The lowest BCUT2D eigenvalue weighted by Crippen LogP contribution is -2.45. The van der Waals surface area contributed by atoms with Crippen molar-refractivity contribution in [1.29, 1.82) is 0 Å². The number of ether oxygens (including phenoxy) is 1. The second-order valence-electron chi connectivity index (χ2n) is 6.46. The van der Waals surface area contributed by atoms with Crippen LogP contribution in [0.1, 0.15) is 17.4 Å². The van der Waals surface area contributed by atoms with Gasteiger partial charge in [-0.2, -0.15) is 5.10 Å². The van der Waals surface area contributed by atoms with Gasteiger partial charge in [-0.15, -0.1) is 0 Å². The van der Waals surface area contributed by atoms with Gasteiger partial charge in [0.25, 0.3) is 5.91 Å². The number of carbonyl (C=O) groups excluding carboxylic acids is 1. The summed E-state index contributed by atoms with van der Waals surface area (Å²) < 4.78 is 7.31. The van der Waals surface area contributed by atoms with Gasteiger partial charge in [-0.25, -0.2) is 4.68 Å². The maximum Gasteiger partial charge on any atom is 0.272 e. The third-order valence-electron chi connectivity index (χ3n) is 4.53. The smallest absolute Gasteiger partial charge is 0.272 e. The van der Waals surface area contributed by atoms with E-state index in [1.165, 1.54) is 0 Å². The molecule has 1 atom stereocenters. The molecule has 2 heterocycles. The zero-order valence-electron chi connectivity index (χ0n) is 14.7. The van der Waals surface area contributed by atoms with E-state index in [1.807, 2.05) is 78.6 Å². The molecule has 0 spiro atoms. The predicted octanol–water partition coefficient (Wildman–Crippen LogP) is 3.40. The predicted molar refractivity (Wildman–Crippen MR) is 100 cm³/mol. The molecule has 4 rings (SSSR count). The topological polar surface area (TPSA) is 47.4 Å². The second-order valence-corrected chi connectivity index (χ2v) is 6.46. The second kappa shape index (κ2) is 7.14. The van der Waals surface area contributed by atoms with Crippen molar-refractivity contribution in [3.63, 3.8) is 0 Å². The summed E-state index contributed by atoms with van der Waals surface area (Å²) in [6.07, 6.45) is 0.0504. The Morgan fingerprint density at radius 3 is 2.46 bits per heavy atom. The van der Waals surface area contributed by atoms with Crippen molar-refractivity contribution in [2.45, 2.75) is 13.0 Å². The maximum atomic E-state index is 13.2. The Morgan fingerprint density at radius 1 is 1.08 bits per heavy atom. The number of para-hydroxylation sites is 1. The summed E-state index contributed by atoms with van der Waals surface area (Å²) in [5.74, 6) is -0.0151. The molecule has 0 saturated carbocycles.